The third-order valence-electron chi connectivity index (χ3n) is 4.34. The Kier molecular flexibility index (Phi) is 9.83. The molecule has 0 amide bonds. The zero-order valence-corrected chi connectivity index (χ0v) is 19.8. The van der Waals surface area contributed by atoms with E-state index in [4.69, 9.17) is 19.9 Å². The molecule has 0 rings (SSSR count). The minimum atomic E-state index is -0.797. The maximum absolute atomic E-state index is 12.0. The molecule has 0 aliphatic rings. The van der Waals surface area contributed by atoms with Gasteiger partial charge in [0.2, 0.25) is 0 Å². The number of carbonyl (C=O) groups excluding carboxylic acids is 3. The standard InChI is InChI=1S/C22H41NO6/c1-19(2,3)16(24)27-13-10-22(23,11-14-28-17(25)20(4,5)6)12-15-29-18(26)21(7,8)9/h10-15,23H2,1-9H3. The number of nitrogens with two attached hydrogens (primary N) is 1. The largest absolute Gasteiger partial charge is 0.465 e. The fourth-order valence-corrected chi connectivity index (χ4v) is 2.07. The molecular weight excluding hydrogens is 374 g/mol. The molecule has 0 aromatic heterocycles. The summed E-state index contributed by atoms with van der Waals surface area (Å²) >= 11 is 0. The first-order valence-corrected chi connectivity index (χ1v) is 10.2. The summed E-state index contributed by atoms with van der Waals surface area (Å²) in [7, 11) is 0. The minimum Gasteiger partial charge on any atom is -0.465 e. The van der Waals surface area contributed by atoms with E-state index in [1.165, 1.54) is 0 Å². The first kappa shape index (κ1) is 27.4. The molecule has 0 saturated heterocycles. The Morgan fingerprint density at radius 2 is 0.759 bits per heavy atom. The van der Waals surface area contributed by atoms with Gasteiger partial charge in [-0.15, -0.1) is 0 Å². The second-order valence-corrected chi connectivity index (χ2v) is 10.8. The lowest BCUT2D eigenvalue weighted by Crippen LogP contribution is -2.44. The van der Waals surface area contributed by atoms with E-state index >= 15 is 0 Å². The number of hydrogen-bond acceptors (Lipinski definition) is 7. The van der Waals surface area contributed by atoms with E-state index in [9.17, 15) is 14.4 Å². The number of ether oxygens (including phenoxy) is 3. The molecule has 170 valence electrons. The van der Waals surface area contributed by atoms with Crippen LogP contribution in [0.15, 0.2) is 0 Å². The maximum atomic E-state index is 12.0. The van der Waals surface area contributed by atoms with E-state index in [1.807, 2.05) is 0 Å². The average Bonchev–Trinajstić information content (AvgIpc) is 2.51. The molecule has 0 unspecified atom stereocenters. The lowest BCUT2D eigenvalue weighted by Gasteiger charge is -2.30. The SMILES string of the molecule is CC(C)(C)C(=O)OCCC(N)(CCOC(=O)C(C)(C)C)CCOC(=O)C(C)(C)C. The van der Waals surface area contributed by atoms with Crippen LogP contribution in [0.5, 0.6) is 0 Å². The number of rotatable bonds is 9. The average molecular weight is 416 g/mol. The minimum absolute atomic E-state index is 0.146. The predicted octanol–water partition coefficient (Wildman–Crippen LogP) is 3.62. The van der Waals surface area contributed by atoms with E-state index < -0.39 is 21.8 Å². The molecule has 0 heterocycles. The molecule has 0 aromatic carbocycles. The number of carbonyl (C=O) groups is 3. The summed E-state index contributed by atoms with van der Waals surface area (Å²) in [5.41, 5.74) is 3.93. The van der Waals surface area contributed by atoms with Gasteiger partial charge in [-0.05, 0) is 81.6 Å². The fourth-order valence-electron chi connectivity index (χ4n) is 2.07. The molecule has 0 saturated carbocycles. The molecule has 0 aliphatic heterocycles. The first-order chi connectivity index (χ1) is 12.9. The zero-order chi connectivity index (χ0) is 23.1. The third kappa shape index (κ3) is 11.2. The molecule has 0 fully saturated rings. The van der Waals surface area contributed by atoms with Crippen LogP contribution in [0.2, 0.25) is 0 Å². The number of hydrogen-bond donors (Lipinski definition) is 1. The van der Waals surface area contributed by atoms with Gasteiger partial charge in [0.25, 0.3) is 0 Å². The molecule has 0 aliphatic carbocycles. The van der Waals surface area contributed by atoms with Crippen molar-refractivity contribution in [3.8, 4) is 0 Å². The lowest BCUT2D eigenvalue weighted by atomic mass is 9.89. The molecule has 0 spiro atoms. The van der Waals surface area contributed by atoms with Crippen molar-refractivity contribution in [3.05, 3.63) is 0 Å². The smallest absolute Gasteiger partial charge is 0.311 e. The van der Waals surface area contributed by atoms with Crippen LogP contribution in [0.25, 0.3) is 0 Å². The molecule has 0 bridgehead atoms. The fraction of sp³-hybridized carbons (Fsp3) is 0.864. The molecular formula is C22H41NO6. The van der Waals surface area contributed by atoms with Gasteiger partial charge >= 0.3 is 17.9 Å². The molecule has 2 N–H and O–H groups in total. The van der Waals surface area contributed by atoms with Crippen LogP contribution in [-0.2, 0) is 28.6 Å². The summed E-state index contributed by atoms with van der Waals surface area (Å²) in [4.78, 5) is 35.9. The summed E-state index contributed by atoms with van der Waals surface area (Å²) in [6, 6.07) is 0. The maximum Gasteiger partial charge on any atom is 0.311 e. The van der Waals surface area contributed by atoms with Crippen molar-refractivity contribution < 1.29 is 28.6 Å². The van der Waals surface area contributed by atoms with Crippen molar-refractivity contribution >= 4 is 17.9 Å². The highest BCUT2D eigenvalue weighted by atomic mass is 16.5. The van der Waals surface area contributed by atoms with E-state index in [-0.39, 0.29) is 37.7 Å². The van der Waals surface area contributed by atoms with Crippen molar-refractivity contribution in [2.45, 2.75) is 87.1 Å². The van der Waals surface area contributed by atoms with Gasteiger partial charge in [-0.2, -0.15) is 0 Å². The Morgan fingerprint density at radius 3 is 0.931 bits per heavy atom. The monoisotopic (exact) mass is 415 g/mol. The predicted molar refractivity (Wildman–Crippen MR) is 112 cm³/mol. The second-order valence-electron chi connectivity index (χ2n) is 10.8. The lowest BCUT2D eigenvalue weighted by molar-refractivity contribution is -0.154. The van der Waals surface area contributed by atoms with Gasteiger partial charge in [0.05, 0.1) is 36.1 Å². The van der Waals surface area contributed by atoms with Crippen molar-refractivity contribution in [1.82, 2.24) is 0 Å². The van der Waals surface area contributed by atoms with Crippen molar-refractivity contribution in [2.24, 2.45) is 22.0 Å². The molecule has 7 nitrogen and oxygen atoms in total. The van der Waals surface area contributed by atoms with E-state index in [0.717, 1.165) is 0 Å². The zero-order valence-electron chi connectivity index (χ0n) is 19.8. The van der Waals surface area contributed by atoms with E-state index in [0.29, 0.717) is 19.3 Å². The van der Waals surface area contributed by atoms with E-state index in [1.54, 1.807) is 62.3 Å². The van der Waals surface area contributed by atoms with Crippen LogP contribution >= 0.6 is 0 Å². The first-order valence-electron chi connectivity index (χ1n) is 10.2. The van der Waals surface area contributed by atoms with Crippen molar-refractivity contribution in [2.75, 3.05) is 19.8 Å². The van der Waals surface area contributed by atoms with Gasteiger partial charge in [0.1, 0.15) is 0 Å². The normalized spacial score (nSPS) is 13.0. The Morgan fingerprint density at radius 1 is 0.552 bits per heavy atom. The van der Waals surface area contributed by atoms with Crippen molar-refractivity contribution in [1.29, 1.82) is 0 Å². The van der Waals surface area contributed by atoms with E-state index in [2.05, 4.69) is 0 Å². The van der Waals surface area contributed by atoms with Gasteiger partial charge in [-0.25, -0.2) is 0 Å². The highest BCUT2D eigenvalue weighted by Crippen LogP contribution is 2.23. The van der Waals surface area contributed by atoms with Crippen LogP contribution in [0.3, 0.4) is 0 Å². The summed E-state index contributed by atoms with van der Waals surface area (Å²) in [6.07, 6.45) is 1.11. The Labute approximate surface area is 176 Å². The molecule has 0 aromatic rings. The topological polar surface area (TPSA) is 105 Å². The van der Waals surface area contributed by atoms with Gasteiger partial charge < -0.3 is 19.9 Å². The molecule has 29 heavy (non-hydrogen) atoms. The summed E-state index contributed by atoms with van der Waals surface area (Å²) in [5, 5.41) is 0. The van der Waals surface area contributed by atoms with Crippen LogP contribution < -0.4 is 5.73 Å². The molecule has 0 radical (unpaired) electrons. The quantitative estimate of drug-likeness (QED) is 0.453. The Hall–Kier alpha value is -1.63. The van der Waals surface area contributed by atoms with Gasteiger partial charge in [0, 0.05) is 5.54 Å². The van der Waals surface area contributed by atoms with Crippen LogP contribution in [0, 0.1) is 16.2 Å². The number of esters is 3. The summed E-state index contributed by atoms with van der Waals surface area (Å²) in [6.45, 7) is 16.5. The highest BCUT2D eigenvalue weighted by molar-refractivity contribution is 5.76. The molecule has 0 atom stereocenters. The second kappa shape index (κ2) is 10.4. The Balaban J connectivity index is 4.86. The van der Waals surface area contributed by atoms with Crippen LogP contribution in [-0.4, -0.2) is 43.3 Å². The van der Waals surface area contributed by atoms with Crippen LogP contribution in [0.1, 0.15) is 81.6 Å². The molecule has 7 heteroatoms. The summed E-state index contributed by atoms with van der Waals surface area (Å²) in [5.74, 6) is -0.922. The van der Waals surface area contributed by atoms with Crippen LogP contribution in [0.4, 0.5) is 0 Å². The van der Waals surface area contributed by atoms with Crippen molar-refractivity contribution in [3.63, 3.8) is 0 Å². The third-order valence-corrected chi connectivity index (χ3v) is 4.34. The van der Waals surface area contributed by atoms with Gasteiger partial charge in [-0.1, -0.05) is 0 Å². The van der Waals surface area contributed by atoms with Gasteiger partial charge in [0.15, 0.2) is 0 Å². The Bertz CT molecular complexity index is 484. The summed E-state index contributed by atoms with van der Waals surface area (Å²) < 4.78 is 16.0. The van der Waals surface area contributed by atoms with Gasteiger partial charge in [-0.3, -0.25) is 14.4 Å². The highest BCUT2D eigenvalue weighted by Gasteiger charge is 2.31.